The third-order valence-corrected chi connectivity index (χ3v) is 11.7. The molecule has 2 heterocycles. The summed E-state index contributed by atoms with van der Waals surface area (Å²) in [5, 5.41) is 54.6. The minimum atomic E-state index is -1.74. The van der Waals surface area contributed by atoms with Gasteiger partial charge in [0.05, 0.1) is 25.4 Å². The number of nitrogens with one attached hydrogen (secondary N) is 7. The van der Waals surface area contributed by atoms with Gasteiger partial charge in [-0.1, -0.05) is 56.3 Å². The molecule has 1 aromatic heterocycles. The summed E-state index contributed by atoms with van der Waals surface area (Å²) in [6.07, 6.45) is 2.15. The van der Waals surface area contributed by atoms with E-state index >= 15 is 0 Å². The highest BCUT2D eigenvalue weighted by atomic mass is 16.4. The van der Waals surface area contributed by atoms with E-state index in [-0.39, 0.29) is 63.3 Å². The number of aromatic hydroxyl groups is 1. The van der Waals surface area contributed by atoms with E-state index in [9.17, 15) is 58.5 Å². The number of nitrogens with two attached hydrogens (primary N) is 3. The van der Waals surface area contributed by atoms with Crippen molar-refractivity contribution in [3.8, 4) is 5.75 Å². The summed E-state index contributed by atoms with van der Waals surface area (Å²) in [4.78, 5) is 132. The number of nitrogens with zero attached hydrogens (tertiary/aromatic N) is 3. The molecule has 73 heavy (non-hydrogen) atoms. The Hall–Kier alpha value is -8.13. The lowest BCUT2D eigenvalue weighted by molar-refractivity contribution is -0.145. The number of amides is 7. The molecular formula is C47H65N13O13. The Balaban J connectivity index is 1.54. The molecule has 8 atom stereocenters. The number of likely N-dealkylation sites (tertiary alicyclic amines) is 1. The van der Waals surface area contributed by atoms with Crippen LogP contribution in [0.15, 0.2) is 72.1 Å². The van der Waals surface area contributed by atoms with Crippen LogP contribution in [0.2, 0.25) is 0 Å². The average molecular weight is 1020 g/mol. The van der Waals surface area contributed by atoms with Crippen molar-refractivity contribution in [1.82, 2.24) is 46.8 Å². The van der Waals surface area contributed by atoms with Gasteiger partial charge in [-0.25, -0.2) is 9.78 Å². The smallest absolute Gasteiger partial charge is 0.326 e. The van der Waals surface area contributed by atoms with Crippen molar-refractivity contribution in [3.05, 3.63) is 83.9 Å². The molecule has 3 aromatic rings. The molecule has 17 N–H and O–H groups in total. The van der Waals surface area contributed by atoms with Crippen molar-refractivity contribution in [1.29, 1.82) is 0 Å². The number of imidazole rings is 1. The number of benzene rings is 2. The van der Waals surface area contributed by atoms with Crippen molar-refractivity contribution in [2.75, 3.05) is 19.7 Å². The number of aliphatic hydroxyl groups excluding tert-OH is 1. The lowest BCUT2D eigenvalue weighted by Crippen LogP contribution is -2.61. The molecule has 0 bridgehead atoms. The molecule has 7 amide bonds. The molecule has 1 aliphatic rings. The predicted molar refractivity (Wildman–Crippen MR) is 260 cm³/mol. The number of phenolic OH excluding ortho intramolecular Hbond substituents is 1. The monoisotopic (exact) mass is 1020 g/mol. The van der Waals surface area contributed by atoms with Crippen LogP contribution in [0.5, 0.6) is 5.75 Å². The second-order valence-corrected chi connectivity index (χ2v) is 17.7. The van der Waals surface area contributed by atoms with Gasteiger partial charge >= 0.3 is 11.9 Å². The number of aliphatic imine (C=N–C) groups is 1. The Labute approximate surface area is 419 Å². The highest BCUT2D eigenvalue weighted by molar-refractivity contribution is 5.98. The van der Waals surface area contributed by atoms with Gasteiger partial charge in [-0.3, -0.25) is 43.3 Å². The van der Waals surface area contributed by atoms with Crippen molar-refractivity contribution in [3.63, 3.8) is 0 Å². The fraction of sp³-hybridized carbons (Fsp3) is 0.468. The quantitative estimate of drug-likeness (QED) is 0.0192. The Morgan fingerprint density at radius 2 is 1.36 bits per heavy atom. The molecule has 0 radical (unpaired) electrons. The topological polar surface area (TPSA) is 429 Å². The Morgan fingerprint density at radius 3 is 1.96 bits per heavy atom. The van der Waals surface area contributed by atoms with Gasteiger partial charge in [0.2, 0.25) is 41.4 Å². The van der Waals surface area contributed by atoms with Crippen LogP contribution in [0.3, 0.4) is 0 Å². The minimum absolute atomic E-state index is 0.0244. The number of carbonyl (C=O) groups excluding carboxylic acids is 7. The molecule has 1 aliphatic heterocycles. The lowest BCUT2D eigenvalue weighted by Gasteiger charge is -2.30. The van der Waals surface area contributed by atoms with Gasteiger partial charge < -0.3 is 79.4 Å². The maximum Gasteiger partial charge on any atom is 0.326 e. The van der Waals surface area contributed by atoms with Crippen LogP contribution >= 0.6 is 0 Å². The van der Waals surface area contributed by atoms with Crippen molar-refractivity contribution < 1.29 is 63.6 Å². The second kappa shape index (κ2) is 28.0. The summed E-state index contributed by atoms with van der Waals surface area (Å²) < 4.78 is 0. The zero-order valence-corrected chi connectivity index (χ0v) is 40.4. The van der Waals surface area contributed by atoms with E-state index in [1.165, 1.54) is 41.7 Å². The number of aromatic nitrogens is 2. The number of guanidine groups is 1. The van der Waals surface area contributed by atoms with Gasteiger partial charge in [-0.2, -0.15) is 0 Å². The predicted octanol–water partition coefficient (Wildman–Crippen LogP) is -3.37. The van der Waals surface area contributed by atoms with Crippen molar-refractivity contribution >= 4 is 59.2 Å². The Morgan fingerprint density at radius 1 is 0.753 bits per heavy atom. The summed E-state index contributed by atoms with van der Waals surface area (Å²) in [6, 6.07) is 2.87. The van der Waals surface area contributed by atoms with Gasteiger partial charge in [-0.15, -0.1) is 0 Å². The highest BCUT2D eigenvalue weighted by Gasteiger charge is 2.40. The van der Waals surface area contributed by atoms with Crippen LogP contribution in [-0.4, -0.2) is 163 Å². The highest BCUT2D eigenvalue weighted by Crippen LogP contribution is 2.21. The SMILES string of the molecule is CC(C)[C@H](NC(=O)[C@H](CCCN=C(N)N)NC(=O)[C@@H](N)CC(=O)O)C(=O)N[C@@H](Cc1ccc(O)cc1)C(=O)N[C@@H](CO)C(=O)N[C@@H](Cc1cnc[nH]1)C(=O)N1CCC[C@H]1C(=O)N[C@@H](Cc1ccccc1)C(=O)O. The maximum absolute atomic E-state index is 14.3. The average Bonchev–Trinajstić information content (AvgIpc) is 4.06. The number of rotatable bonds is 28. The summed E-state index contributed by atoms with van der Waals surface area (Å²) in [7, 11) is 0. The van der Waals surface area contributed by atoms with Crippen LogP contribution < -0.4 is 49.1 Å². The third kappa shape index (κ3) is 18.2. The summed E-state index contributed by atoms with van der Waals surface area (Å²) in [5.74, 6) is -9.87. The largest absolute Gasteiger partial charge is 0.508 e. The van der Waals surface area contributed by atoms with Crippen molar-refractivity contribution in [2.24, 2.45) is 28.1 Å². The molecule has 0 unspecified atom stereocenters. The van der Waals surface area contributed by atoms with Gasteiger partial charge in [0.1, 0.15) is 48.0 Å². The van der Waals surface area contributed by atoms with Crippen LogP contribution in [0.25, 0.3) is 0 Å². The molecule has 1 saturated heterocycles. The molecule has 1 fully saturated rings. The molecule has 0 spiro atoms. The van der Waals surface area contributed by atoms with Gasteiger partial charge in [0.15, 0.2) is 5.96 Å². The number of phenols is 1. The van der Waals surface area contributed by atoms with E-state index in [0.29, 0.717) is 23.2 Å². The van der Waals surface area contributed by atoms with E-state index in [0.717, 1.165) is 0 Å². The maximum atomic E-state index is 14.3. The molecular weight excluding hydrogens is 955 g/mol. The van der Waals surface area contributed by atoms with Crippen LogP contribution in [0.4, 0.5) is 0 Å². The van der Waals surface area contributed by atoms with E-state index in [4.69, 9.17) is 22.3 Å². The fourth-order valence-electron chi connectivity index (χ4n) is 7.84. The lowest BCUT2D eigenvalue weighted by atomic mass is 9.99. The standard InChI is InChI=1S/C47H65N13O13/c1-25(2)38(59-40(66)31(10-6-16-52-47(49)50)54-39(65)30(48)21-37(63)64)44(70)55-32(18-27-12-14-29(62)15-13-27)41(67)58-35(23-61)42(68)56-33(20-28-22-51-24-53-28)45(71)60-17-7-11-36(60)43(69)57-34(46(72)73)19-26-8-4-3-5-9-26/h3-5,8-9,12-15,22,24-25,30-36,38,61-62H,6-7,10-11,16-21,23,48H2,1-2H3,(H,51,53)(H,54,65)(H,55,70)(H,56,68)(H,57,69)(H,58,67)(H,59,66)(H,63,64)(H,72,73)(H4,49,50,52)/t30-,31-,32-,33-,34-,35-,36-,38-/m0/s1. The van der Waals surface area contributed by atoms with E-state index in [1.807, 2.05) is 0 Å². The first-order valence-corrected chi connectivity index (χ1v) is 23.4. The fourth-order valence-corrected chi connectivity index (χ4v) is 7.84. The van der Waals surface area contributed by atoms with Crippen LogP contribution in [0, 0.1) is 5.92 Å². The molecule has 0 saturated carbocycles. The molecule has 0 aliphatic carbocycles. The number of carboxylic acid groups (broad SMARTS) is 2. The molecule has 4 rings (SSSR count). The zero-order valence-electron chi connectivity index (χ0n) is 40.4. The number of carboxylic acids is 2. The Kier molecular flexibility index (Phi) is 22.1. The number of carbonyl (C=O) groups is 9. The first-order chi connectivity index (χ1) is 34.7. The number of aromatic amines is 1. The summed E-state index contributed by atoms with van der Waals surface area (Å²) in [6.45, 7) is 2.28. The van der Waals surface area contributed by atoms with E-state index in [1.54, 1.807) is 44.2 Å². The zero-order chi connectivity index (χ0) is 53.8. The van der Waals surface area contributed by atoms with Crippen LogP contribution in [0.1, 0.15) is 62.8 Å². The first kappa shape index (κ1) is 57.4. The van der Waals surface area contributed by atoms with Gasteiger partial charge in [0.25, 0.3) is 0 Å². The van der Waals surface area contributed by atoms with E-state index < -0.39 is 121 Å². The van der Waals surface area contributed by atoms with Gasteiger partial charge in [-0.05, 0) is 54.9 Å². The van der Waals surface area contributed by atoms with Gasteiger partial charge in [0, 0.05) is 44.2 Å². The minimum Gasteiger partial charge on any atom is -0.508 e. The number of H-pyrrole nitrogens is 1. The third-order valence-electron chi connectivity index (χ3n) is 11.7. The number of hydrogen-bond acceptors (Lipinski definition) is 14. The number of aliphatic hydroxyl groups is 1. The molecule has 26 nitrogen and oxygen atoms in total. The normalized spacial score (nSPS) is 16.0. The van der Waals surface area contributed by atoms with Crippen LogP contribution in [-0.2, 0) is 62.4 Å². The molecule has 396 valence electrons. The Bertz CT molecular complexity index is 2400. The summed E-state index contributed by atoms with van der Waals surface area (Å²) >= 11 is 0. The van der Waals surface area contributed by atoms with E-state index in [2.05, 4.69) is 46.9 Å². The first-order valence-electron chi connectivity index (χ1n) is 23.4. The number of aliphatic carboxylic acids is 2. The summed E-state index contributed by atoms with van der Waals surface area (Å²) in [5.41, 5.74) is 18.0. The molecule has 2 aromatic carbocycles. The second-order valence-electron chi connectivity index (χ2n) is 17.7. The number of hydrogen-bond donors (Lipinski definition) is 14. The molecule has 26 heteroatoms. The van der Waals surface area contributed by atoms with Crippen molar-refractivity contribution in [2.45, 2.75) is 114 Å².